The lowest BCUT2D eigenvalue weighted by Gasteiger charge is -2.37. The van der Waals surface area contributed by atoms with E-state index in [1.165, 1.54) is 12.1 Å². The lowest BCUT2D eigenvalue weighted by Crippen LogP contribution is -2.60. The van der Waals surface area contributed by atoms with Crippen molar-refractivity contribution in [2.24, 2.45) is 0 Å². The van der Waals surface area contributed by atoms with Gasteiger partial charge in [0.1, 0.15) is 0 Å². The molecule has 6 nitrogen and oxygen atoms in total. The average molecular weight is 371 g/mol. The number of nitrogens with zero attached hydrogens (tertiary/aromatic N) is 2. The van der Waals surface area contributed by atoms with Crippen LogP contribution in [-0.4, -0.2) is 17.8 Å². The molecule has 1 amide bonds. The number of nitro groups is 1. The third kappa shape index (κ3) is 2.91. The highest BCUT2D eigenvalue weighted by Crippen LogP contribution is 2.34. The number of carbonyl (C=O) groups is 1. The van der Waals surface area contributed by atoms with Crippen molar-refractivity contribution in [3.63, 3.8) is 0 Å². The number of anilines is 2. The first-order valence-corrected chi connectivity index (χ1v) is 8.97. The predicted molar refractivity (Wildman–Crippen MR) is 111 cm³/mol. The quantitative estimate of drug-likeness (QED) is 0.433. The Labute approximate surface area is 163 Å². The molecule has 3 aromatic carbocycles. The van der Waals surface area contributed by atoms with E-state index in [9.17, 15) is 14.9 Å². The van der Waals surface area contributed by atoms with Gasteiger partial charge in [-0.25, -0.2) is 0 Å². The summed E-state index contributed by atoms with van der Waals surface area (Å²) < 4.78 is 0. The Hall–Kier alpha value is -3.61. The van der Waals surface area contributed by atoms with Gasteiger partial charge in [0.25, 0.3) is 5.69 Å². The topological polar surface area (TPSA) is 75.5 Å². The average Bonchev–Trinajstić information content (AvgIpc) is 2.69. The van der Waals surface area contributed by atoms with Crippen LogP contribution in [0.25, 0.3) is 0 Å². The van der Waals surface area contributed by atoms with Crippen LogP contribution in [-0.2, 0) is 0 Å². The molecule has 0 bridgehead atoms. The minimum atomic E-state index is -0.486. The second-order valence-electron chi connectivity index (χ2n) is 6.86. The zero-order valence-corrected chi connectivity index (χ0v) is 15.5. The number of fused-ring (bicyclic) bond motifs is 1. The number of para-hydroxylation sites is 1. The van der Waals surface area contributed by atoms with Gasteiger partial charge in [0, 0.05) is 23.5 Å². The standard InChI is InChI=1S/C21H18BN3O3/c1-14-7-6-8-15(2)20(14)24-21(26)18-13-17(25(27)28)11-12-19(18)23-22(24)16-9-4-3-5-10-16/h3-13,23H,1-2H3. The van der Waals surface area contributed by atoms with Crippen LogP contribution in [0.4, 0.5) is 17.1 Å². The van der Waals surface area contributed by atoms with Crippen molar-refractivity contribution in [1.29, 1.82) is 0 Å². The van der Waals surface area contributed by atoms with Gasteiger partial charge in [-0.05, 0) is 36.5 Å². The molecule has 1 aliphatic rings. The van der Waals surface area contributed by atoms with E-state index >= 15 is 0 Å². The SMILES string of the molecule is Cc1cccc(C)c1N1B(c2ccccc2)Nc2ccc([N+](=O)[O-])cc2C1=O. The molecule has 1 aliphatic heterocycles. The number of benzene rings is 3. The number of hydrogen-bond donors (Lipinski definition) is 1. The molecule has 0 saturated heterocycles. The molecule has 1 N–H and O–H groups in total. The Morgan fingerprint density at radius 3 is 2.29 bits per heavy atom. The van der Waals surface area contributed by atoms with Crippen molar-refractivity contribution in [2.45, 2.75) is 13.8 Å². The first-order chi connectivity index (χ1) is 13.5. The summed E-state index contributed by atoms with van der Waals surface area (Å²) in [5.74, 6) is -0.260. The van der Waals surface area contributed by atoms with Gasteiger partial charge in [0.15, 0.2) is 0 Å². The molecule has 0 aromatic heterocycles. The molecule has 138 valence electrons. The van der Waals surface area contributed by atoms with E-state index in [1.807, 2.05) is 62.4 Å². The number of rotatable bonds is 3. The van der Waals surface area contributed by atoms with E-state index in [0.717, 1.165) is 22.3 Å². The number of nitrogens with one attached hydrogen (secondary N) is 1. The summed E-state index contributed by atoms with van der Waals surface area (Å²) in [7, 11) is 0. The van der Waals surface area contributed by atoms with Crippen LogP contribution in [0.15, 0.2) is 66.7 Å². The van der Waals surface area contributed by atoms with Gasteiger partial charge in [0.2, 0.25) is 5.91 Å². The van der Waals surface area contributed by atoms with Crippen molar-refractivity contribution in [3.05, 3.63) is 93.5 Å². The second kappa shape index (κ2) is 6.85. The molecule has 3 aromatic rings. The number of non-ortho nitro benzene ring substituents is 1. The summed E-state index contributed by atoms with van der Waals surface area (Å²) in [6.07, 6.45) is 0. The zero-order chi connectivity index (χ0) is 19.8. The molecule has 0 aliphatic carbocycles. The minimum absolute atomic E-state index is 0.103. The van der Waals surface area contributed by atoms with Gasteiger partial charge < -0.3 is 10.0 Å². The molecule has 4 rings (SSSR count). The van der Waals surface area contributed by atoms with E-state index in [-0.39, 0.29) is 11.6 Å². The lowest BCUT2D eigenvalue weighted by molar-refractivity contribution is -0.384. The number of amides is 1. The zero-order valence-electron chi connectivity index (χ0n) is 15.5. The molecule has 0 spiro atoms. The maximum atomic E-state index is 13.5. The monoisotopic (exact) mass is 371 g/mol. The van der Waals surface area contributed by atoms with Gasteiger partial charge in [-0.3, -0.25) is 14.9 Å². The van der Waals surface area contributed by atoms with Crippen molar-refractivity contribution in [3.8, 4) is 0 Å². The van der Waals surface area contributed by atoms with E-state index < -0.39 is 11.9 Å². The van der Waals surface area contributed by atoms with Gasteiger partial charge >= 0.3 is 6.98 Å². The molecule has 1 heterocycles. The largest absolute Gasteiger partial charge is 0.415 e. The third-order valence-corrected chi connectivity index (χ3v) is 5.01. The summed E-state index contributed by atoms with van der Waals surface area (Å²) in [5.41, 5.74) is 4.45. The maximum absolute atomic E-state index is 13.5. The van der Waals surface area contributed by atoms with Crippen LogP contribution in [0.5, 0.6) is 0 Å². The summed E-state index contributed by atoms with van der Waals surface area (Å²) >= 11 is 0. The van der Waals surface area contributed by atoms with Gasteiger partial charge in [-0.2, -0.15) is 0 Å². The highest BCUT2D eigenvalue weighted by atomic mass is 16.6. The Bertz CT molecular complexity index is 1070. The van der Waals surface area contributed by atoms with Gasteiger partial charge in [-0.1, -0.05) is 48.5 Å². The summed E-state index contributed by atoms with van der Waals surface area (Å²) in [6, 6.07) is 19.9. The fourth-order valence-corrected chi connectivity index (χ4v) is 3.69. The van der Waals surface area contributed by atoms with E-state index in [0.29, 0.717) is 11.3 Å². The fraction of sp³-hybridized carbons (Fsp3) is 0.0952. The van der Waals surface area contributed by atoms with Gasteiger partial charge in [0.05, 0.1) is 10.5 Å². The van der Waals surface area contributed by atoms with Crippen LogP contribution >= 0.6 is 0 Å². The second-order valence-corrected chi connectivity index (χ2v) is 6.86. The third-order valence-electron chi connectivity index (χ3n) is 5.01. The summed E-state index contributed by atoms with van der Waals surface area (Å²) in [6.45, 7) is 3.50. The Morgan fingerprint density at radius 2 is 1.64 bits per heavy atom. The number of carbonyl (C=O) groups excluding carboxylic acids is 1. The van der Waals surface area contributed by atoms with Crippen molar-refractivity contribution < 1.29 is 9.72 Å². The number of hydrogen-bond acceptors (Lipinski definition) is 4. The first kappa shape index (κ1) is 17.8. The first-order valence-electron chi connectivity index (χ1n) is 8.97. The lowest BCUT2D eigenvalue weighted by atomic mass is 9.63. The van der Waals surface area contributed by atoms with Crippen LogP contribution < -0.4 is 15.5 Å². The van der Waals surface area contributed by atoms with Crippen LogP contribution in [0, 0.1) is 24.0 Å². The predicted octanol–water partition coefficient (Wildman–Crippen LogP) is 3.68. The van der Waals surface area contributed by atoms with E-state index in [1.54, 1.807) is 10.9 Å². The molecule has 7 heteroatoms. The Kier molecular flexibility index (Phi) is 4.35. The van der Waals surface area contributed by atoms with Gasteiger partial charge in [-0.15, -0.1) is 0 Å². The number of nitro benzene ring substituents is 1. The minimum Gasteiger partial charge on any atom is -0.404 e. The Morgan fingerprint density at radius 1 is 0.964 bits per heavy atom. The van der Waals surface area contributed by atoms with Crippen molar-refractivity contribution >= 4 is 35.4 Å². The smallest absolute Gasteiger partial charge is 0.404 e. The van der Waals surface area contributed by atoms with E-state index in [4.69, 9.17) is 0 Å². The molecule has 0 atom stereocenters. The molecular weight excluding hydrogens is 353 g/mol. The molecule has 28 heavy (non-hydrogen) atoms. The molecule has 0 radical (unpaired) electrons. The highest BCUT2D eigenvalue weighted by molar-refractivity contribution is 6.84. The molecular formula is C21H18BN3O3. The fourth-order valence-electron chi connectivity index (χ4n) is 3.69. The van der Waals surface area contributed by atoms with Crippen LogP contribution in [0.1, 0.15) is 21.5 Å². The summed E-state index contributed by atoms with van der Waals surface area (Å²) in [4.78, 5) is 26.0. The number of aryl methyl sites for hydroxylation is 2. The van der Waals surface area contributed by atoms with Crippen LogP contribution in [0.3, 0.4) is 0 Å². The maximum Gasteiger partial charge on any atom is 0.415 e. The molecule has 0 unspecified atom stereocenters. The molecule has 0 saturated carbocycles. The molecule has 0 fully saturated rings. The highest BCUT2D eigenvalue weighted by Gasteiger charge is 2.40. The van der Waals surface area contributed by atoms with Crippen molar-refractivity contribution in [1.82, 2.24) is 0 Å². The van der Waals surface area contributed by atoms with Crippen molar-refractivity contribution in [2.75, 3.05) is 10.0 Å². The van der Waals surface area contributed by atoms with E-state index in [2.05, 4.69) is 5.23 Å². The summed E-state index contributed by atoms with van der Waals surface area (Å²) in [5, 5.41) is 14.6. The Balaban J connectivity index is 1.93. The van der Waals surface area contributed by atoms with Crippen LogP contribution in [0.2, 0.25) is 0 Å². The normalized spacial score (nSPS) is 13.1.